The van der Waals surface area contributed by atoms with Crippen LogP contribution >= 0.6 is 15.9 Å². The lowest BCUT2D eigenvalue weighted by molar-refractivity contribution is -0.122. The molecule has 0 radical (unpaired) electrons. The van der Waals surface area contributed by atoms with Gasteiger partial charge in [-0.2, -0.15) is 0 Å². The first-order valence-electron chi connectivity index (χ1n) is 7.35. The predicted molar refractivity (Wildman–Crippen MR) is 96.8 cm³/mol. The number of para-hydroxylation sites is 1. The molecule has 0 saturated heterocycles. The molecule has 0 aliphatic carbocycles. The molecule has 3 aromatic carbocycles. The second-order valence-electron chi connectivity index (χ2n) is 5.21. The van der Waals surface area contributed by atoms with E-state index in [9.17, 15) is 4.79 Å². The van der Waals surface area contributed by atoms with Crippen molar-refractivity contribution in [1.29, 1.82) is 0 Å². The number of rotatable bonds is 4. The van der Waals surface area contributed by atoms with E-state index < -0.39 is 6.10 Å². The van der Waals surface area contributed by atoms with Gasteiger partial charge in [0.2, 0.25) is 0 Å². The fourth-order valence-electron chi connectivity index (χ4n) is 2.34. The van der Waals surface area contributed by atoms with Crippen LogP contribution in [0.4, 0.5) is 5.69 Å². The van der Waals surface area contributed by atoms with Crippen molar-refractivity contribution in [2.45, 2.75) is 13.0 Å². The average molecular weight is 370 g/mol. The fraction of sp³-hybridized carbons (Fsp3) is 0.105. The van der Waals surface area contributed by atoms with Crippen molar-refractivity contribution in [3.63, 3.8) is 0 Å². The Morgan fingerprint density at radius 1 is 1.00 bits per heavy atom. The number of hydrogen-bond acceptors (Lipinski definition) is 2. The summed E-state index contributed by atoms with van der Waals surface area (Å²) in [5, 5.41) is 4.95. The van der Waals surface area contributed by atoms with Gasteiger partial charge in [0, 0.05) is 9.86 Å². The van der Waals surface area contributed by atoms with E-state index in [0.29, 0.717) is 5.75 Å². The monoisotopic (exact) mass is 369 g/mol. The number of ether oxygens (including phenoxy) is 1. The lowest BCUT2D eigenvalue weighted by atomic mass is 10.1. The molecule has 0 aromatic heterocycles. The highest BCUT2D eigenvalue weighted by molar-refractivity contribution is 9.10. The minimum atomic E-state index is -0.604. The van der Waals surface area contributed by atoms with Crippen molar-refractivity contribution >= 4 is 38.3 Å². The molecule has 3 aromatic rings. The first kappa shape index (κ1) is 15.6. The third kappa shape index (κ3) is 3.54. The number of amides is 1. The highest BCUT2D eigenvalue weighted by Crippen LogP contribution is 2.26. The maximum atomic E-state index is 12.3. The summed E-state index contributed by atoms with van der Waals surface area (Å²) >= 11 is 3.42. The van der Waals surface area contributed by atoms with Gasteiger partial charge in [0.25, 0.3) is 5.91 Å². The van der Waals surface area contributed by atoms with Gasteiger partial charge in [-0.05, 0) is 46.4 Å². The molecule has 1 N–H and O–H groups in total. The molecule has 1 amide bonds. The van der Waals surface area contributed by atoms with Crippen molar-refractivity contribution in [2.24, 2.45) is 0 Å². The number of nitrogens with one attached hydrogen (secondary N) is 1. The van der Waals surface area contributed by atoms with E-state index in [2.05, 4.69) is 21.2 Å². The molecule has 0 spiro atoms. The molecule has 0 heterocycles. The van der Waals surface area contributed by atoms with Gasteiger partial charge in [0.15, 0.2) is 6.10 Å². The molecule has 3 nitrogen and oxygen atoms in total. The molecule has 0 fully saturated rings. The van der Waals surface area contributed by atoms with Gasteiger partial charge < -0.3 is 10.1 Å². The van der Waals surface area contributed by atoms with Crippen molar-refractivity contribution in [1.82, 2.24) is 0 Å². The van der Waals surface area contributed by atoms with Gasteiger partial charge in [-0.3, -0.25) is 4.79 Å². The Bertz CT molecular complexity index is 842. The van der Waals surface area contributed by atoms with Crippen LogP contribution < -0.4 is 10.1 Å². The van der Waals surface area contributed by atoms with Crippen LogP contribution in [0.5, 0.6) is 5.75 Å². The maximum Gasteiger partial charge on any atom is 0.265 e. The predicted octanol–water partition coefficient (Wildman–Crippen LogP) is 5.01. The summed E-state index contributed by atoms with van der Waals surface area (Å²) in [7, 11) is 0. The number of carbonyl (C=O) groups is 1. The Morgan fingerprint density at radius 3 is 2.52 bits per heavy atom. The normalized spacial score (nSPS) is 11.9. The summed E-state index contributed by atoms with van der Waals surface area (Å²) in [5.74, 6) is 0.516. The summed E-state index contributed by atoms with van der Waals surface area (Å²) in [6.07, 6.45) is -0.604. The number of hydrogen-bond donors (Lipinski definition) is 1. The zero-order valence-corrected chi connectivity index (χ0v) is 14.2. The average Bonchev–Trinajstić information content (AvgIpc) is 2.57. The molecule has 0 aliphatic heterocycles. The number of anilines is 1. The summed E-state index contributed by atoms with van der Waals surface area (Å²) in [6.45, 7) is 1.74. The van der Waals surface area contributed by atoms with Crippen LogP contribution in [0.1, 0.15) is 6.92 Å². The summed E-state index contributed by atoms with van der Waals surface area (Å²) in [4.78, 5) is 12.3. The summed E-state index contributed by atoms with van der Waals surface area (Å²) < 4.78 is 6.71. The second-order valence-corrected chi connectivity index (χ2v) is 6.06. The lowest BCUT2D eigenvalue weighted by Crippen LogP contribution is -2.30. The van der Waals surface area contributed by atoms with E-state index in [1.807, 2.05) is 66.7 Å². The fourth-order valence-corrected chi connectivity index (χ4v) is 2.72. The Hall–Kier alpha value is -2.33. The smallest absolute Gasteiger partial charge is 0.265 e. The van der Waals surface area contributed by atoms with Gasteiger partial charge in [-0.15, -0.1) is 0 Å². The van der Waals surface area contributed by atoms with E-state index >= 15 is 0 Å². The second kappa shape index (κ2) is 6.84. The van der Waals surface area contributed by atoms with Gasteiger partial charge in [0.05, 0.1) is 5.69 Å². The van der Waals surface area contributed by atoms with Gasteiger partial charge in [0.1, 0.15) is 5.75 Å². The van der Waals surface area contributed by atoms with E-state index in [-0.39, 0.29) is 5.91 Å². The number of fused-ring (bicyclic) bond motifs is 1. The summed E-state index contributed by atoms with van der Waals surface area (Å²) in [6, 6.07) is 21.3. The zero-order valence-electron chi connectivity index (χ0n) is 12.6. The lowest BCUT2D eigenvalue weighted by Gasteiger charge is -2.16. The van der Waals surface area contributed by atoms with Crippen LogP contribution in [0.2, 0.25) is 0 Å². The van der Waals surface area contributed by atoms with Crippen molar-refractivity contribution in [3.8, 4) is 5.75 Å². The Morgan fingerprint density at radius 2 is 1.70 bits per heavy atom. The van der Waals surface area contributed by atoms with Crippen molar-refractivity contribution in [2.75, 3.05) is 5.32 Å². The Kier molecular flexibility index (Phi) is 4.63. The van der Waals surface area contributed by atoms with Crippen LogP contribution in [0.3, 0.4) is 0 Å². The molecular formula is C19H16BrNO2. The van der Waals surface area contributed by atoms with E-state index in [0.717, 1.165) is 20.9 Å². The van der Waals surface area contributed by atoms with Gasteiger partial charge >= 0.3 is 0 Å². The standard InChI is InChI=1S/C19H16BrNO2/c1-13(19(22)21-17-11-5-4-10-16(17)20)23-18-12-6-8-14-7-2-3-9-15(14)18/h2-13H,1H3,(H,21,22). The molecule has 1 atom stereocenters. The quantitative estimate of drug-likeness (QED) is 0.701. The Balaban J connectivity index is 1.77. The van der Waals surface area contributed by atoms with Crippen LogP contribution in [0.25, 0.3) is 10.8 Å². The van der Waals surface area contributed by atoms with Crippen LogP contribution in [-0.4, -0.2) is 12.0 Å². The largest absolute Gasteiger partial charge is 0.480 e. The number of halogens is 1. The van der Waals surface area contributed by atoms with Crippen LogP contribution in [0.15, 0.2) is 71.2 Å². The summed E-state index contributed by atoms with van der Waals surface area (Å²) in [5.41, 5.74) is 0.728. The van der Waals surface area contributed by atoms with Gasteiger partial charge in [-0.1, -0.05) is 48.5 Å². The molecule has 1 unspecified atom stereocenters. The molecule has 0 aliphatic rings. The number of carbonyl (C=O) groups excluding carboxylic acids is 1. The van der Waals surface area contributed by atoms with Gasteiger partial charge in [-0.25, -0.2) is 0 Å². The molecule has 4 heteroatoms. The number of benzene rings is 3. The third-order valence-corrected chi connectivity index (χ3v) is 4.25. The third-order valence-electron chi connectivity index (χ3n) is 3.55. The minimum absolute atomic E-state index is 0.190. The van der Waals surface area contributed by atoms with Crippen molar-refractivity contribution in [3.05, 3.63) is 71.2 Å². The highest BCUT2D eigenvalue weighted by Gasteiger charge is 2.16. The zero-order chi connectivity index (χ0) is 16.2. The Labute approximate surface area is 143 Å². The molecule has 3 rings (SSSR count). The molecule has 0 saturated carbocycles. The maximum absolute atomic E-state index is 12.3. The van der Waals surface area contributed by atoms with Crippen LogP contribution in [0, 0.1) is 0 Å². The molecular weight excluding hydrogens is 354 g/mol. The van der Waals surface area contributed by atoms with Crippen molar-refractivity contribution < 1.29 is 9.53 Å². The van der Waals surface area contributed by atoms with E-state index in [1.165, 1.54) is 0 Å². The SMILES string of the molecule is CC(Oc1cccc2ccccc12)C(=O)Nc1ccccc1Br. The topological polar surface area (TPSA) is 38.3 Å². The molecule has 116 valence electrons. The molecule has 23 heavy (non-hydrogen) atoms. The highest BCUT2D eigenvalue weighted by atomic mass is 79.9. The van der Waals surface area contributed by atoms with Crippen LogP contribution in [-0.2, 0) is 4.79 Å². The van der Waals surface area contributed by atoms with E-state index in [4.69, 9.17) is 4.74 Å². The first-order valence-corrected chi connectivity index (χ1v) is 8.14. The minimum Gasteiger partial charge on any atom is -0.480 e. The van der Waals surface area contributed by atoms with E-state index in [1.54, 1.807) is 6.92 Å². The molecule has 0 bridgehead atoms. The first-order chi connectivity index (χ1) is 11.1.